The van der Waals surface area contributed by atoms with Crippen LogP contribution >= 0.6 is 0 Å². The molecule has 7 nitrogen and oxygen atoms in total. The lowest BCUT2D eigenvalue weighted by atomic mass is 10.1. The number of carbonyl (C=O) groups is 1. The predicted octanol–water partition coefficient (Wildman–Crippen LogP) is 1.19. The van der Waals surface area contributed by atoms with Crippen LogP contribution in [-0.2, 0) is 6.54 Å². The second-order valence-corrected chi connectivity index (χ2v) is 4.47. The number of carboxylic acid groups (broad SMARTS) is 1. The van der Waals surface area contributed by atoms with Gasteiger partial charge in [-0.1, -0.05) is 12.1 Å². The zero-order valence-electron chi connectivity index (χ0n) is 10.3. The molecule has 0 radical (unpaired) electrons. The molecule has 0 atom stereocenters. The van der Waals surface area contributed by atoms with Gasteiger partial charge in [0.1, 0.15) is 12.7 Å². The van der Waals surface area contributed by atoms with Crippen LogP contribution in [0.25, 0.3) is 17.1 Å². The first kappa shape index (κ1) is 10.9. The van der Waals surface area contributed by atoms with E-state index in [1.165, 1.54) is 12.7 Å². The van der Waals surface area contributed by atoms with Crippen molar-refractivity contribution >= 4 is 5.97 Å². The normalized spacial score (nSPS) is 12.2. The number of aromatic carboxylic acids is 1. The highest BCUT2D eigenvalue weighted by Crippen LogP contribution is 2.30. The molecule has 1 N–H and O–H groups in total. The Balaban J connectivity index is 2.09. The van der Waals surface area contributed by atoms with Crippen molar-refractivity contribution in [3.63, 3.8) is 0 Å². The Kier molecular flexibility index (Phi) is 2.06. The predicted molar refractivity (Wildman–Crippen MR) is 68.6 cm³/mol. The van der Waals surface area contributed by atoms with Crippen molar-refractivity contribution in [2.75, 3.05) is 0 Å². The summed E-state index contributed by atoms with van der Waals surface area (Å²) >= 11 is 0. The fourth-order valence-corrected chi connectivity index (χ4v) is 2.51. The van der Waals surface area contributed by atoms with Gasteiger partial charge in [-0.2, -0.15) is 5.10 Å². The quantitative estimate of drug-likeness (QED) is 0.560. The van der Waals surface area contributed by atoms with Crippen molar-refractivity contribution in [1.82, 2.24) is 24.3 Å². The molecular weight excluding hydrogens is 258 g/mol. The van der Waals surface area contributed by atoms with Gasteiger partial charge in [0.2, 0.25) is 0 Å². The van der Waals surface area contributed by atoms with Crippen LogP contribution in [0.15, 0.2) is 36.9 Å². The van der Waals surface area contributed by atoms with E-state index in [-0.39, 0.29) is 5.69 Å². The standard InChI is InChI=1S/C13H9N5O2/c19-13(20)11-10-5-18-12(14-6-16-18)8-3-1-2-4-9(8)17(10)7-15-11/h1-4,6-7H,5H2,(H,19,20). The number of fused-ring (bicyclic) bond motifs is 5. The minimum absolute atomic E-state index is 0.0446. The second-order valence-electron chi connectivity index (χ2n) is 4.47. The Morgan fingerprint density at radius 3 is 2.95 bits per heavy atom. The average molecular weight is 267 g/mol. The minimum Gasteiger partial charge on any atom is -0.476 e. The lowest BCUT2D eigenvalue weighted by molar-refractivity contribution is 0.0689. The third-order valence-corrected chi connectivity index (χ3v) is 3.39. The zero-order chi connectivity index (χ0) is 13.7. The topological polar surface area (TPSA) is 85.8 Å². The molecule has 0 bridgehead atoms. The number of imidazole rings is 1. The van der Waals surface area contributed by atoms with Gasteiger partial charge >= 0.3 is 5.97 Å². The van der Waals surface area contributed by atoms with Crippen LogP contribution in [0.2, 0.25) is 0 Å². The van der Waals surface area contributed by atoms with Crippen molar-refractivity contribution in [2.24, 2.45) is 0 Å². The van der Waals surface area contributed by atoms with Gasteiger partial charge in [0.05, 0.1) is 17.9 Å². The van der Waals surface area contributed by atoms with Gasteiger partial charge in [-0.3, -0.25) is 4.57 Å². The maximum Gasteiger partial charge on any atom is 0.356 e. The van der Waals surface area contributed by atoms with E-state index in [2.05, 4.69) is 15.1 Å². The third kappa shape index (κ3) is 1.34. The first-order chi connectivity index (χ1) is 9.75. The van der Waals surface area contributed by atoms with Crippen molar-refractivity contribution in [3.05, 3.63) is 48.3 Å². The molecule has 2 aromatic heterocycles. The molecule has 0 amide bonds. The summed E-state index contributed by atoms with van der Waals surface area (Å²) in [6.45, 7) is 0.325. The lowest BCUT2D eigenvalue weighted by Crippen LogP contribution is -2.09. The summed E-state index contributed by atoms with van der Waals surface area (Å²) in [5.74, 6) is -0.319. The van der Waals surface area contributed by atoms with Crippen LogP contribution < -0.4 is 0 Å². The number of rotatable bonds is 1. The van der Waals surface area contributed by atoms with Crippen LogP contribution in [0.1, 0.15) is 16.2 Å². The molecule has 1 aromatic carbocycles. The SMILES string of the molecule is O=C(O)c1ncn2c1Cn1ncnc1-c1ccccc1-2. The van der Waals surface area contributed by atoms with Gasteiger partial charge in [0, 0.05) is 5.56 Å². The molecule has 20 heavy (non-hydrogen) atoms. The number of hydrogen-bond acceptors (Lipinski definition) is 4. The number of aromatic nitrogens is 5. The number of carboxylic acids is 1. The first-order valence-corrected chi connectivity index (χ1v) is 6.03. The summed E-state index contributed by atoms with van der Waals surface area (Å²) in [6, 6.07) is 7.66. The fourth-order valence-electron chi connectivity index (χ4n) is 2.51. The van der Waals surface area contributed by atoms with E-state index in [0.29, 0.717) is 12.2 Å². The molecule has 0 unspecified atom stereocenters. The van der Waals surface area contributed by atoms with Crippen molar-refractivity contribution < 1.29 is 9.90 Å². The minimum atomic E-state index is -1.04. The Labute approximate surface area is 113 Å². The van der Waals surface area contributed by atoms with Gasteiger partial charge in [-0.05, 0) is 12.1 Å². The highest BCUT2D eigenvalue weighted by molar-refractivity contribution is 5.87. The van der Waals surface area contributed by atoms with Crippen LogP contribution in [0.4, 0.5) is 0 Å². The Bertz CT molecular complexity index is 833. The summed E-state index contributed by atoms with van der Waals surface area (Å²) in [5, 5.41) is 13.4. The second kappa shape index (κ2) is 3.77. The average Bonchev–Trinajstić information content (AvgIpc) is 3.04. The molecule has 0 saturated heterocycles. The molecule has 7 heteroatoms. The van der Waals surface area contributed by atoms with E-state index in [4.69, 9.17) is 0 Å². The monoisotopic (exact) mass is 267 g/mol. The molecular formula is C13H9N5O2. The molecule has 0 fully saturated rings. The molecule has 4 rings (SSSR count). The van der Waals surface area contributed by atoms with Crippen LogP contribution in [-0.4, -0.2) is 35.4 Å². The summed E-state index contributed by atoms with van der Waals surface area (Å²) in [5.41, 5.74) is 2.39. The van der Waals surface area contributed by atoms with Gasteiger partial charge in [0.25, 0.3) is 0 Å². The fraction of sp³-hybridized carbons (Fsp3) is 0.0769. The van der Waals surface area contributed by atoms with Crippen LogP contribution in [0.5, 0.6) is 0 Å². The lowest BCUT2D eigenvalue weighted by Gasteiger charge is -2.07. The number of nitrogens with zero attached hydrogens (tertiary/aromatic N) is 5. The zero-order valence-corrected chi connectivity index (χ0v) is 10.3. The summed E-state index contributed by atoms with van der Waals surface area (Å²) < 4.78 is 3.47. The largest absolute Gasteiger partial charge is 0.476 e. The molecule has 0 spiro atoms. The van der Waals surface area contributed by atoms with E-state index in [9.17, 15) is 9.90 Å². The maximum absolute atomic E-state index is 11.3. The van der Waals surface area contributed by atoms with Crippen molar-refractivity contribution in [3.8, 4) is 17.1 Å². The van der Waals surface area contributed by atoms with Crippen LogP contribution in [0, 0.1) is 0 Å². The van der Waals surface area contributed by atoms with Gasteiger partial charge in [-0.25, -0.2) is 19.4 Å². The highest BCUT2D eigenvalue weighted by Gasteiger charge is 2.25. The molecule has 3 aromatic rings. The van der Waals surface area contributed by atoms with Crippen molar-refractivity contribution in [1.29, 1.82) is 0 Å². The summed E-state index contributed by atoms with van der Waals surface area (Å²) in [6.07, 6.45) is 3.00. The summed E-state index contributed by atoms with van der Waals surface area (Å²) in [7, 11) is 0. The highest BCUT2D eigenvalue weighted by atomic mass is 16.4. The third-order valence-electron chi connectivity index (χ3n) is 3.39. The van der Waals surface area contributed by atoms with E-state index in [0.717, 1.165) is 17.1 Å². The van der Waals surface area contributed by atoms with Crippen LogP contribution in [0.3, 0.4) is 0 Å². The smallest absolute Gasteiger partial charge is 0.356 e. The summed E-state index contributed by atoms with van der Waals surface area (Å²) in [4.78, 5) is 19.6. The molecule has 1 aliphatic heterocycles. The maximum atomic E-state index is 11.3. The van der Waals surface area contributed by atoms with E-state index < -0.39 is 5.97 Å². The molecule has 0 saturated carbocycles. The number of hydrogen-bond donors (Lipinski definition) is 1. The van der Waals surface area contributed by atoms with E-state index in [1.807, 2.05) is 24.3 Å². The van der Waals surface area contributed by atoms with E-state index >= 15 is 0 Å². The molecule has 0 aliphatic carbocycles. The first-order valence-electron chi connectivity index (χ1n) is 6.03. The number of benzene rings is 1. The van der Waals surface area contributed by atoms with Gasteiger partial charge in [0.15, 0.2) is 11.5 Å². The Hall–Kier alpha value is -2.96. The molecule has 3 heterocycles. The van der Waals surface area contributed by atoms with Gasteiger partial charge < -0.3 is 5.11 Å². The van der Waals surface area contributed by atoms with Gasteiger partial charge in [-0.15, -0.1) is 0 Å². The Morgan fingerprint density at radius 1 is 1.25 bits per heavy atom. The Morgan fingerprint density at radius 2 is 2.10 bits per heavy atom. The van der Waals surface area contributed by atoms with E-state index in [1.54, 1.807) is 9.25 Å². The molecule has 1 aliphatic rings. The molecule has 98 valence electrons. The van der Waals surface area contributed by atoms with Crippen molar-refractivity contribution in [2.45, 2.75) is 6.54 Å². The number of para-hydroxylation sites is 1.